The molecule has 1 N–H and O–H groups in total. The predicted molar refractivity (Wildman–Crippen MR) is 164 cm³/mol. The Hall–Kier alpha value is -4.84. The Morgan fingerprint density at radius 1 is 0.698 bits per heavy atom. The van der Waals surface area contributed by atoms with Gasteiger partial charge in [0.1, 0.15) is 45.8 Å². The van der Waals surface area contributed by atoms with Gasteiger partial charge in [-0.2, -0.15) is 0 Å². The van der Waals surface area contributed by atoms with Gasteiger partial charge in [0.2, 0.25) is 0 Å². The number of nitrogens with one attached hydrogen (secondary N) is 1. The molecule has 12 heteroatoms. The van der Waals surface area contributed by atoms with E-state index in [1.165, 1.54) is 68.1 Å². The fraction of sp³-hybridized carbons (Fsp3) is 0.258. The molecule has 0 aliphatic heterocycles. The number of hydrogen-bond donors (Lipinski definition) is 1. The van der Waals surface area contributed by atoms with E-state index in [0.29, 0.717) is 45.6 Å². The standard InChI is InChI=1S/C31H35NO10S/c1-36-21-15-27(39-4)23(28(16-21)40-5)11-13-43(34,35)19-20-8-9-26(38-3)24(14-20)32-12-10-25(33)31-29(41-6)17-22(37-2)18-30(31)42-7/h8-18,32H,19H2,1-7H3. The van der Waals surface area contributed by atoms with Crippen molar-refractivity contribution in [3.05, 3.63) is 76.8 Å². The third kappa shape index (κ3) is 8.13. The highest BCUT2D eigenvalue weighted by molar-refractivity contribution is 7.93. The molecule has 0 bridgehead atoms. The lowest BCUT2D eigenvalue weighted by Gasteiger charge is -2.13. The van der Waals surface area contributed by atoms with E-state index in [0.717, 1.165) is 5.41 Å². The second-order valence-corrected chi connectivity index (χ2v) is 10.7. The molecule has 0 spiro atoms. The highest BCUT2D eigenvalue weighted by Crippen LogP contribution is 2.36. The van der Waals surface area contributed by atoms with Crippen LogP contribution in [0, 0.1) is 0 Å². The summed E-state index contributed by atoms with van der Waals surface area (Å²) >= 11 is 0. The topological polar surface area (TPSA) is 128 Å². The van der Waals surface area contributed by atoms with Crippen molar-refractivity contribution < 1.29 is 46.4 Å². The van der Waals surface area contributed by atoms with Crippen molar-refractivity contribution >= 4 is 27.4 Å². The number of rotatable bonds is 15. The molecule has 0 aliphatic rings. The quantitative estimate of drug-likeness (QED) is 0.181. The number of sulfone groups is 1. The van der Waals surface area contributed by atoms with Gasteiger partial charge in [0.05, 0.1) is 66.8 Å². The zero-order valence-electron chi connectivity index (χ0n) is 25.0. The summed E-state index contributed by atoms with van der Waals surface area (Å²) in [6.07, 6.45) is 4.14. The first-order valence-electron chi connectivity index (χ1n) is 12.8. The van der Waals surface area contributed by atoms with Crippen LogP contribution in [-0.4, -0.2) is 64.0 Å². The van der Waals surface area contributed by atoms with Crippen molar-refractivity contribution in [2.75, 3.05) is 55.1 Å². The monoisotopic (exact) mass is 613 g/mol. The van der Waals surface area contributed by atoms with E-state index in [1.54, 1.807) is 42.5 Å². The second-order valence-electron chi connectivity index (χ2n) is 8.84. The van der Waals surface area contributed by atoms with Crippen LogP contribution in [0.25, 0.3) is 6.08 Å². The minimum atomic E-state index is -3.73. The lowest BCUT2D eigenvalue weighted by atomic mass is 10.1. The zero-order chi connectivity index (χ0) is 31.6. The summed E-state index contributed by atoms with van der Waals surface area (Å²) in [6.45, 7) is 0. The Morgan fingerprint density at radius 2 is 1.21 bits per heavy atom. The van der Waals surface area contributed by atoms with Gasteiger partial charge in [-0.15, -0.1) is 0 Å². The van der Waals surface area contributed by atoms with Crippen LogP contribution in [0.15, 0.2) is 60.1 Å². The molecule has 0 amide bonds. The predicted octanol–water partition coefficient (Wildman–Crippen LogP) is 5.14. The summed E-state index contributed by atoms with van der Waals surface area (Å²) in [5.74, 6) is 2.09. The fourth-order valence-electron chi connectivity index (χ4n) is 4.15. The molecule has 0 atom stereocenters. The first-order valence-corrected chi connectivity index (χ1v) is 14.5. The molecule has 0 saturated carbocycles. The average Bonchev–Trinajstić information content (AvgIpc) is 3.02. The van der Waals surface area contributed by atoms with Gasteiger partial charge in [-0.3, -0.25) is 4.79 Å². The largest absolute Gasteiger partial charge is 0.496 e. The number of ether oxygens (including phenoxy) is 7. The van der Waals surface area contributed by atoms with Crippen molar-refractivity contribution in [3.8, 4) is 40.2 Å². The lowest BCUT2D eigenvalue weighted by Crippen LogP contribution is -2.05. The highest BCUT2D eigenvalue weighted by atomic mass is 32.2. The molecule has 3 aromatic carbocycles. The zero-order valence-corrected chi connectivity index (χ0v) is 25.9. The number of ketones is 1. The van der Waals surface area contributed by atoms with Crippen LogP contribution in [0.1, 0.15) is 21.5 Å². The molecule has 0 fully saturated rings. The lowest BCUT2D eigenvalue weighted by molar-refractivity contribution is 0.104. The maximum absolute atomic E-state index is 13.1. The van der Waals surface area contributed by atoms with Gasteiger partial charge in [-0.25, -0.2) is 8.42 Å². The molecule has 43 heavy (non-hydrogen) atoms. The Labute approximate surface area is 251 Å². The Kier molecular flexibility index (Phi) is 11.3. The molecule has 230 valence electrons. The number of allylic oxidation sites excluding steroid dienone is 1. The van der Waals surface area contributed by atoms with Crippen LogP contribution >= 0.6 is 0 Å². The Balaban J connectivity index is 1.83. The van der Waals surface area contributed by atoms with Crippen molar-refractivity contribution in [1.29, 1.82) is 0 Å². The Morgan fingerprint density at radius 3 is 1.70 bits per heavy atom. The SMILES string of the molecule is COc1cc(OC)c(C=CS(=O)(=O)Cc2ccc(OC)c(NC=CC(=O)c3c(OC)cc(OC)cc3OC)c2)c(OC)c1. The summed E-state index contributed by atoms with van der Waals surface area (Å²) in [6, 6.07) is 11.3. The normalized spacial score (nSPS) is 11.3. The smallest absolute Gasteiger partial charge is 0.194 e. The van der Waals surface area contributed by atoms with Crippen LogP contribution < -0.4 is 38.5 Å². The molecule has 11 nitrogen and oxygen atoms in total. The minimum Gasteiger partial charge on any atom is -0.496 e. The van der Waals surface area contributed by atoms with Gasteiger partial charge in [-0.1, -0.05) is 6.07 Å². The number of carbonyl (C=O) groups is 1. The number of benzene rings is 3. The molecular weight excluding hydrogens is 578 g/mol. The molecule has 0 aliphatic carbocycles. The molecule has 0 radical (unpaired) electrons. The minimum absolute atomic E-state index is 0.215. The average molecular weight is 614 g/mol. The summed E-state index contributed by atoms with van der Waals surface area (Å²) < 4.78 is 63.5. The third-order valence-corrected chi connectivity index (χ3v) is 7.55. The number of carbonyl (C=O) groups excluding carboxylic acids is 1. The molecular formula is C31H35NO10S. The molecule has 0 heterocycles. The van der Waals surface area contributed by atoms with Crippen LogP contribution in [0.5, 0.6) is 40.2 Å². The van der Waals surface area contributed by atoms with Crippen molar-refractivity contribution in [1.82, 2.24) is 0 Å². The molecule has 0 unspecified atom stereocenters. The van der Waals surface area contributed by atoms with E-state index in [2.05, 4.69) is 5.32 Å². The van der Waals surface area contributed by atoms with Crippen LogP contribution in [0.4, 0.5) is 5.69 Å². The van der Waals surface area contributed by atoms with E-state index in [9.17, 15) is 13.2 Å². The molecule has 3 rings (SSSR count). The van der Waals surface area contributed by atoms with Gasteiger partial charge in [0, 0.05) is 41.9 Å². The van der Waals surface area contributed by atoms with Gasteiger partial charge in [0.25, 0.3) is 0 Å². The number of hydrogen-bond acceptors (Lipinski definition) is 11. The van der Waals surface area contributed by atoms with Crippen LogP contribution in [-0.2, 0) is 15.6 Å². The Bertz CT molecular complexity index is 1560. The van der Waals surface area contributed by atoms with E-state index in [-0.39, 0.29) is 22.8 Å². The van der Waals surface area contributed by atoms with Crippen molar-refractivity contribution in [3.63, 3.8) is 0 Å². The maximum atomic E-state index is 13.1. The van der Waals surface area contributed by atoms with Gasteiger partial charge >= 0.3 is 0 Å². The number of methoxy groups -OCH3 is 7. The molecule has 0 aromatic heterocycles. The van der Waals surface area contributed by atoms with E-state index < -0.39 is 15.6 Å². The summed E-state index contributed by atoms with van der Waals surface area (Å²) in [4.78, 5) is 13.0. The first kappa shape index (κ1) is 32.7. The molecule has 0 saturated heterocycles. The second kappa shape index (κ2) is 14.9. The molecule has 3 aromatic rings. The third-order valence-electron chi connectivity index (χ3n) is 6.26. The van der Waals surface area contributed by atoms with E-state index in [4.69, 9.17) is 33.2 Å². The summed E-state index contributed by atoms with van der Waals surface area (Å²) in [5, 5.41) is 4.10. The van der Waals surface area contributed by atoms with Crippen molar-refractivity contribution in [2.45, 2.75) is 5.75 Å². The highest BCUT2D eigenvalue weighted by Gasteiger charge is 2.19. The summed E-state index contributed by atoms with van der Waals surface area (Å²) in [5.41, 5.74) is 1.61. The van der Waals surface area contributed by atoms with Gasteiger partial charge in [-0.05, 0) is 23.8 Å². The maximum Gasteiger partial charge on any atom is 0.194 e. The fourth-order valence-corrected chi connectivity index (χ4v) is 5.23. The van der Waals surface area contributed by atoms with Crippen LogP contribution in [0.2, 0.25) is 0 Å². The first-order chi connectivity index (χ1) is 20.6. The van der Waals surface area contributed by atoms with E-state index in [1.807, 2.05) is 0 Å². The van der Waals surface area contributed by atoms with Crippen LogP contribution in [0.3, 0.4) is 0 Å². The summed E-state index contributed by atoms with van der Waals surface area (Å²) in [7, 11) is 6.58. The van der Waals surface area contributed by atoms with Crippen molar-refractivity contribution in [2.24, 2.45) is 0 Å². The van der Waals surface area contributed by atoms with E-state index >= 15 is 0 Å². The number of anilines is 1. The van der Waals surface area contributed by atoms with Gasteiger partial charge < -0.3 is 38.5 Å². The van der Waals surface area contributed by atoms with Gasteiger partial charge in [0.15, 0.2) is 15.6 Å².